The van der Waals surface area contributed by atoms with E-state index < -0.39 is 0 Å². The smallest absolute Gasteiger partial charge is 0.289 e. The minimum Gasteiger partial charge on any atom is -0.459 e. The zero-order chi connectivity index (χ0) is 18.6. The van der Waals surface area contributed by atoms with Crippen molar-refractivity contribution in [1.29, 1.82) is 0 Å². The lowest BCUT2D eigenvalue weighted by Gasteiger charge is -2.33. The van der Waals surface area contributed by atoms with Crippen molar-refractivity contribution in [1.82, 2.24) is 10.2 Å². The summed E-state index contributed by atoms with van der Waals surface area (Å²) in [5.74, 6) is 0.678. The Bertz CT molecular complexity index is 751. The average molecular weight is 387 g/mol. The summed E-state index contributed by atoms with van der Waals surface area (Å²) in [6, 6.07) is 7.68. The highest BCUT2D eigenvalue weighted by Crippen LogP contribution is 2.37. The van der Waals surface area contributed by atoms with E-state index in [4.69, 9.17) is 4.42 Å². The van der Waals surface area contributed by atoms with Crippen LogP contribution in [-0.2, 0) is 4.79 Å². The fourth-order valence-electron chi connectivity index (χ4n) is 4.38. The Kier molecular flexibility index (Phi) is 5.62. The summed E-state index contributed by atoms with van der Waals surface area (Å²) < 4.78 is 5.23. The summed E-state index contributed by atoms with van der Waals surface area (Å²) in [5, 5.41) is 5.41. The molecule has 2 atom stereocenters. The molecule has 2 fully saturated rings. The summed E-state index contributed by atoms with van der Waals surface area (Å²) >= 11 is 1.72. The van der Waals surface area contributed by atoms with Crippen LogP contribution >= 0.6 is 11.3 Å². The van der Waals surface area contributed by atoms with Crippen LogP contribution in [0.5, 0.6) is 0 Å². The number of rotatable bonds is 5. The van der Waals surface area contributed by atoms with Gasteiger partial charge in [-0.3, -0.25) is 9.59 Å². The Balaban J connectivity index is 1.42. The van der Waals surface area contributed by atoms with E-state index in [2.05, 4.69) is 22.8 Å². The quantitative estimate of drug-likeness (QED) is 0.836. The molecule has 0 unspecified atom stereocenters. The van der Waals surface area contributed by atoms with Crippen molar-refractivity contribution in [3.8, 4) is 0 Å². The maximum absolute atomic E-state index is 13.0. The first kappa shape index (κ1) is 18.3. The minimum absolute atomic E-state index is 0.0808. The fraction of sp³-hybridized carbons (Fsp3) is 0.524. The van der Waals surface area contributed by atoms with Crippen molar-refractivity contribution < 1.29 is 14.0 Å². The summed E-state index contributed by atoms with van der Waals surface area (Å²) in [6.45, 7) is 1.15. The molecule has 2 aromatic rings. The second-order valence-corrected chi connectivity index (χ2v) is 8.59. The molecule has 4 rings (SSSR count). The fourth-order valence-corrected chi connectivity index (χ4v) is 5.25. The molecule has 2 aliphatic rings. The molecule has 144 valence electrons. The first-order valence-corrected chi connectivity index (χ1v) is 10.8. The number of carbonyl (C=O) groups excluding carboxylic acids is 2. The van der Waals surface area contributed by atoms with Crippen LogP contribution in [0.15, 0.2) is 40.3 Å². The van der Waals surface area contributed by atoms with Gasteiger partial charge in [0.15, 0.2) is 5.76 Å². The van der Waals surface area contributed by atoms with E-state index in [0.717, 1.165) is 12.8 Å². The maximum atomic E-state index is 13.0. The molecule has 2 amide bonds. The van der Waals surface area contributed by atoms with E-state index in [9.17, 15) is 9.59 Å². The molecule has 0 spiro atoms. The Morgan fingerprint density at radius 1 is 1.15 bits per heavy atom. The lowest BCUT2D eigenvalue weighted by atomic mass is 9.93. The largest absolute Gasteiger partial charge is 0.459 e. The molecule has 1 N–H and O–H groups in total. The van der Waals surface area contributed by atoms with Crippen LogP contribution in [0.3, 0.4) is 0 Å². The van der Waals surface area contributed by atoms with Gasteiger partial charge < -0.3 is 14.6 Å². The zero-order valence-electron chi connectivity index (χ0n) is 15.4. The number of piperidine rings is 1. The number of nitrogens with one attached hydrogen (secondary N) is 1. The van der Waals surface area contributed by atoms with Crippen molar-refractivity contribution >= 4 is 23.2 Å². The summed E-state index contributed by atoms with van der Waals surface area (Å²) in [4.78, 5) is 28.6. The molecule has 1 saturated carbocycles. The van der Waals surface area contributed by atoms with Crippen molar-refractivity contribution in [3.05, 3.63) is 46.5 Å². The van der Waals surface area contributed by atoms with Crippen LogP contribution in [0.25, 0.3) is 0 Å². The van der Waals surface area contributed by atoms with Gasteiger partial charge in [0.25, 0.3) is 5.91 Å². The molecule has 0 bridgehead atoms. The molecule has 1 saturated heterocycles. The van der Waals surface area contributed by atoms with Gasteiger partial charge in [0, 0.05) is 18.0 Å². The minimum atomic E-state index is -0.151. The van der Waals surface area contributed by atoms with Crippen molar-refractivity contribution in [2.75, 3.05) is 13.1 Å². The van der Waals surface area contributed by atoms with Gasteiger partial charge >= 0.3 is 0 Å². The number of hydrogen-bond acceptors (Lipinski definition) is 4. The van der Waals surface area contributed by atoms with E-state index in [1.165, 1.54) is 36.8 Å². The molecule has 1 aliphatic carbocycles. The monoisotopic (exact) mass is 386 g/mol. The number of likely N-dealkylation sites (tertiary alicyclic amines) is 1. The highest BCUT2D eigenvalue weighted by atomic mass is 32.1. The molecule has 0 aromatic carbocycles. The number of thiophene rings is 1. The summed E-state index contributed by atoms with van der Waals surface area (Å²) in [6.07, 6.45) is 8.03. The predicted octanol–water partition coefficient (Wildman–Crippen LogP) is 4.24. The van der Waals surface area contributed by atoms with Crippen molar-refractivity contribution in [2.45, 2.75) is 44.6 Å². The second-order valence-electron chi connectivity index (χ2n) is 7.61. The Morgan fingerprint density at radius 3 is 2.70 bits per heavy atom. The molecular weight excluding hydrogens is 360 g/mol. The topological polar surface area (TPSA) is 62.6 Å². The van der Waals surface area contributed by atoms with E-state index in [0.29, 0.717) is 24.8 Å². The first-order chi connectivity index (χ1) is 13.2. The number of nitrogens with zero attached hydrogens (tertiary/aromatic N) is 1. The first-order valence-electron chi connectivity index (χ1n) is 9.89. The summed E-state index contributed by atoms with van der Waals surface area (Å²) in [7, 11) is 0. The average Bonchev–Trinajstić information content (AvgIpc) is 3.48. The van der Waals surface area contributed by atoms with Crippen LogP contribution in [0, 0.1) is 11.8 Å². The third kappa shape index (κ3) is 4.10. The number of furan rings is 1. The third-order valence-corrected chi connectivity index (χ3v) is 6.79. The van der Waals surface area contributed by atoms with Gasteiger partial charge in [-0.05, 0) is 55.2 Å². The molecule has 1 aliphatic heterocycles. The normalized spacial score (nSPS) is 21.9. The molecule has 6 heteroatoms. The number of hydrogen-bond donors (Lipinski definition) is 1. The molecule has 2 aromatic heterocycles. The van der Waals surface area contributed by atoms with Gasteiger partial charge in [-0.25, -0.2) is 0 Å². The second kappa shape index (κ2) is 8.30. The molecule has 0 radical (unpaired) electrons. The van der Waals surface area contributed by atoms with Crippen molar-refractivity contribution in [3.63, 3.8) is 0 Å². The highest BCUT2D eigenvalue weighted by Gasteiger charge is 2.33. The number of carbonyl (C=O) groups is 2. The van der Waals surface area contributed by atoms with Crippen LogP contribution in [-0.4, -0.2) is 29.8 Å². The van der Waals surface area contributed by atoms with Crippen molar-refractivity contribution in [2.24, 2.45) is 11.8 Å². The maximum Gasteiger partial charge on any atom is 0.289 e. The van der Waals surface area contributed by atoms with Gasteiger partial charge in [0.1, 0.15) is 0 Å². The van der Waals surface area contributed by atoms with Gasteiger partial charge in [0.05, 0.1) is 18.2 Å². The van der Waals surface area contributed by atoms with Crippen LogP contribution in [0.2, 0.25) is 0 Å². The Morgan fingerprint density at radius 2 is 2.00 bits per heavy atom. The Labute approximate surface area is 163 Å². The standard InChI is InChI=1S/C21H26N2O3S/c24-20(22-19(15-6-1-2-7-15)18-10-5-13-27-18)16-8-3-11-23(14-16)21(25)17-9-4-12-26-17/h4-5,9-10,12-13,15-16,19H,1-3,6-8,11,14H2,(H,22,24)/t16-,19-/m1/s1. The highest BCUT2D eigenvalue weighted by molar-refractivity contribution is 7.10. The predicted molar refractivity (Wildman–Crippen MR) is 104 cm³/mol. The Hall–Kier alpha value is -2.08. The lowest BCUT2D eigenvalue weighted by molar-refractivity contribution is -0.127. The van der Waals surface area contributed by atoms with Gasteiger partial charge in [-0.2, -0.15) is 0 Å². The van der Waals surface area contributed by atoms with E-state index in [-0.39, 0.29) is 23.8 Å². The van der Waals surface area contributed by atoms with Gasteiger partial charge in [-0.1, -0.05) is 18.9 Å². The zero-order valence-corrected chi connectivity index (χ0v) is 16.2. The third-order valence-electron chi connectivity index (χ3n) is 5.83. The van der Waals surface area contributed by atoms with Gasteiger partial charge in [0.2, 0.25) is 5.91 Å². The molecular formula is C21H26N2O3S. The lowest BCUT2D eigenvalue weighted by Crippen LogP contribution is -2.46. The molecule has 27 heavy (non-hydrogen) atoms. The number of amides is 2. The van der Waals surface area contributed by atoms with Crippen LogP contribution < -0.4 is 5.32 Å². The molecule has 3 heterocycles. The van der Waals surface area contributed by atoms with E-state index in [1.807, 2.05) is 0 Å². The van der Waals surface area contributed by atoms with E-state index >= 15 is 0 Å². The van der Waals surface area contributed by atoms with Gasteiger partial charge in [-0.15, -0.1) is 11.3 Å². The SMILES string of the molecule is O=C(N[C@@H](c1cccs1)C1CCCC1)[C@@H]1CCCN(C(=O)c2ccco2)C1. The summed E-state index contributed by atoms with van der Waals surface area (Å²) in [5.41, 5.74) is 0. The van der Waals surface area contributed by atoms with Crippen LogP contribution in [0.4, 0.5) is 0 Å². The van der Waals surface area contributed by atoms with E-state index in [1.54, 1.807) is 28.4 Å². The molecule has 5 nitrogen and oxygen atoms in total. The van der Waals surface area contributed by atoms with Crippen LogP contribution in [0.1, 0.15) is 60.0 Å².